The highest BCUT2D eigenvalue weighted by molar-refractivity contribution is 5.78. The fraction of sp³-hybridized carbons (Fsp3) is 0.909. The Hall–Kier alpha value is -0.610. The van der Waals surface area contributed by atoms with Crippen LogP contribution in [0.15, 0.2) is 0 Å². The minimum atomic E-state index is 0.136. The van der Waals surface area contributed by atoms with Gasteiger partial charge in [-0.15, -0.1) is 0 Å². The van der Waals surface area contributed by atoms with E-state index in [2.05, 4.69) is 12.2 Å². The van der Waals surface area contributed by atoms with Crippen molar-refractivity contribution >= 4 is 5.91 Å². The van der Waals surface area contributed by atoms with Gasteiger partial charge in [-0.3, -0.25) is 4.79 Å². The van der Waals surface area contributed by atoms with Crippen LogP contribution in [0.2, 0.25) is 0 Å². The molecule has 0 bridgehead atoms. The summed E-state index contributed by atoms with van der Waals surface area (Å²) >= 11 is 0. The van der Waals surface area contributed by atoms with Crippen LogP contribution < -0.4 is 5.32 Å². The predicted molar refractivity (Wildman–Crippen MR) is 59.8 cm³/mol. The number of nitrogens with one attached hydrogen (secondary N) is 1. The molecule has 4 nitrogen and oxygen atoms in total. The van der Waals surface area contributed by atoms with Crippen LogP contribution in [0.1, 0.15) is 26.7 Å². The van der Waals surface area contributed by atoms with Crippen molar-refractivity contribution in [3.63, 3.8) is 0 Å². The van der Waals surface area contributed by atoms with Gasteiger partial charge in [0.05, 0.1) is 6.61 Å². The summed E-state index contributed by atoms with van der Waals surface area (Å²) in [6, 6.07) is 0.500. The molecule has 88 valence electrons. The van der Waals surface area contributed by atoms with Crippen molar-refractivity contribution in [1.82, 2.24) is 10.2 Å². The fourth-order valence-electron chi connectivity index (χ4n) is 1.59. The fourth-order valence-corrected chi connectivity index (χ4v) is 1.59. The van der Waals surface area contributed by atoms with Crippen LogP contribution in [0.4, 0.5) is 0 Å². The maximum absolute atomic E-state index is 11.7. The van der Waals surface area contributed by atoms with Gasteiger partial charge >= 0.3 is 0 Å². The van der Waals surface area contributed by atoms with Gasteiger partial charge in [-0.25, -0.2) is 0 Å². The molecule has 0 aromatic carbocycles. The summed E-state index contributed by atoms with van der Waals surface area (Å²) in [6.07, 6.45) is 2.33. The summed E-state index contributed by atoms with van der Waals surface area (Å²) in [5.41, 5.74) is 0. The van der Waals surface area contributed by atoms with Crippen molar-refractivity contribution in [1.29, 1.82) is 0 Å². The minimum absolute atomic E-state index is 0.136. The predicted octanol–water partition coefficient (Wildman–Crippen LogP) is 0.623. The Morgan fingerprint density at radius 2 is 2.20 bits per heavy atom. The number of carbonyl (C=O) groups excluding carboxylic acids is 1. The molecule has 15 heavy (non-hydrogen) atoms. The highest BCUT2D eigenvalue weighted by Gasteiger charge is 2.30. The van der Waals surface area contributed by atoms with E-state index in [0.717, 1.165) is 32.5 Å². The lowest BCUT2D eigenvalue weighted by Crippen LogP contribution is -2.36. The molecule has 1 amide bonds. The van der Waals surface area contributed by atoms with Gasteiger partial charge in [-0.1, -0.05) is 6.92 Å². The van der Waals surface area contributed by atoms with Crippen molar-refractivity contribution in [2.45, 2.75) is 32.7 Å². The molecule has 1 rings (SSSR count). The number of rotatable bonds is 8. The molecule has 0 atom stereocenters. The van der Waals surface area contributed by atoms with E-state index in [1.807, 2.05) is 11.8 Å². The van der Waals surface area contributed by atoms with E-state index < -0.39 is 0 Å². The Morgan fingerprint density at radius 3 is 2.73 bits per heavy atom. The van der Waals surface area contributed by atoms with Gasteiger partial charge in [0.25, 0.3) is 0 Å². The molecule has 4 heteroatoms. The Bertz CT molecular complexity index is 193. The molecule has 0 aromatic heterocycles. The average Bonchev–Trinajstić information content (AvgIpc) is 3.03. The largest absolute Gasteiger partial charge is 0.370 e. The van der Waals surface area contributed by atoms with Crippen molar-refractivity contribution in [2.24, 2.45) is 0 Å². The lowest BCUT2D eigenvalue weighted by molar-refractivity contribution is -0.136. The van der Waals surface area contributed by atoms with E-state index in [1.165, 1.54) is 0 Å². The SMILES string of the molecule is CCNCCOCC(=O)N(CC)C1CC1. The van der Waals surface area contributed by atoms with E-state index in [0.29, 0.717) is 12.6 Å². The van der Waals surface area contributed by atoms with Gasteiger partial charge in [-0.2, -0.15) is 0 Å². The molecule has 1 aliphatic rings. The third-order valence-corrected chi connectivity index (χ3v) is 2.55. The maximum atomic E-state index is 11.7. The van der Waals surface area contributed by atoms with Gasteiger partial charge in [0.15, 0.2) is 0 Å². The monoisotopic (exact) mass is 214 g/mol. The highest BCUT2D eigenvalue weighted by Crippen LogP contribution is 2.26. The molecule has 1 saturated carbocycles. The van der Waals surface area contributed by atoms with Crippen molar-refractivity contribution in [3.8, 4) is 0 Å². The van der Waals surface area contributed by atoms with Crippen molar-refractivity contribution < 1.29 is 9.53 Å². The van der Waals surface area contributed by atoms with Crippen LogP contribution in [0, 0.1) is 0 Å². The molecule has 1 N–H and O–H groups in total. The Balaban J connectivity index is 2.06. The van der Waals surface area contributed by atoms with E-state index >= 15 is 0 Å². The first-order valence-electron chi connectivity index (χ1n) is 5.87. The summed E-state index contributed by atoms with van der Waals surface area (Å²) < 4.78 is 5.30. The first-order chi connectivity index (χ1) is 7.29. The zero-order valence-corrected chi connectivity index (χ0v) is 9.79. The number of carbonyl (C=O) groups is 1. The van der Waals surface area contributed by atoms with Crippen molar-refractivity contribution in [2.75, 3.05) is 32.8 Å². The Morgan fingerprint density at radius 1 is 1.47 bits per heavy atom. The standard InChI is InChI=1S/C11H22N2O2/c1-3-12-7-8-15-9-11(14)13(4-2)10-5-6-10/h10,12H,3-9H2,1-2H3. The zero-order chi connectivity index (χ0) is 11.1. The third kappa shape index (κ3) is 4.62. The molecule has 0 saturated heterocycles. The quantitative estimate of drug-likeness (QED) is 0.602. The van der Waals surface area contributed by atoms with Crippen LogP contribution in [-0.2, 0) is 9.53 Å². The van der Waals surface area contributed by atoms with Gasteiger partial charge in [0, 0.05) is 19.1 Å². The van der Waals surface area contributed by atoms with Gasteiger partial charge in [-0.05, 0) is 26.3 Å². The van der Waals surface area contributed by atoms with Crippen LogP contribution in [-0.4, -0.2) is 49.7 Å². The van der Waals surface area contributed by atoms with Crippen LogP contribution in [0.25, 0.3) is 0 Å². The normalized spacial score (nSPS) is 15.3. The number of nitrogens with zero attached hydrogens (tertiary/aromatic N) is 1. The van der Waals surface area contributed by atoms with E-state index in [-0.39, 0.29) is 12.5 Å². The van der Waals surface area contributed by atoms with E-state index in [9.17, 15) is 4.79 Å². The number of ether oxygens (including phenoxy) is 1. The summed E-state index contributed by atoms with van der Waals surface area (Å²) in [6.45, 7) is 7.49. The number of hydrogen-bond donors (Lipinski definition) is 1. The first-order valence-corrected chi connectivity index (χ1v) is 5.87. The molecule has 0 spiro atoms. The third-order valence-electron chi connectivity index (χ3n) is 2.55. The summed E-state index contributed by atoms with van der Waals surface area (Å²) in [4.78, 5) is 13.6. The highest BCUT2D eigenvalue weighted by atomic mass is 16.5. The molecular formula is C11H22N2O2. The van der Waals surface area contributed by atoms with Crippen LogP contribution in [0.5, 0.6) is 0 Å². The zero-order valence-electron chi connectivity index (χ0n) is 9.79. The lowest BCUT2D eigenvalue weighted by atomic mass is 10.4. The van der Waals surface area contributed by atoms with E-state index in [1.54, 1.807) is 0 Å². The first kappa shape index (κ1) is 12.5. The second-order valence-electron chi connectivity index (χ2n) is 3.82. The van der Waals surface area contributed by atoms with Crippen LogP contribution >= 0.6 is 0 Å². The molecule has 0 aromatic rings. The molecule has 1 aliphatic carbocycles. The molecule has 0 aliphatic heterocycles. The second-order valence-corrected chi connectivity index (χ2v) is 3.82. The lowest BCUT2D eigenvalue weighted by Gasteiger charge is -2.20. The van der Waals surface area contributed by atoms with Gasteiger partial charge in [0.1, 0.15) is 6.61 Å². The van der Waals surface area contributed by atoms with Gasteiger partial charge < -0.3 is 15.0 Å². The molecular weight excluding hydrogens is 192 g/mol. The second kappa shape index (κ2) is 6.80. The topological polar surface area (TPSA) is 41.6 Å². The molecule has 0 unspecified atom stereocenters. The molecule has 0 heterocycles. The number of likely N-dealkylation sites (N-methyl/N-ethyl adjacent to an activating group) is 2. The number of hydrogen-bond acceptors (Lipinski definition) is 3. The smallest absolute Gasteiger partial charge is 0.248 e. The summed E-state index contributed by atoms with van der Waals surface area (Å²) in [5.74, 6) is 0.136. The summed E-state index contributed by atoms with van der Waals surface area (Å²) in [5, 5.41) is 3.15. The van der Waals surface area contributed by atoms with Gasteiger partial charge in [0.2, 0.25) is 5.91 Å². The van der Waals surface area contributed by atoms with Crippen molar-refractivity contribution in [3.05, 3.63) is 0 Å². The summed E-state index contributed by atoms with van der Waals surface area (Å²) in [7, 11) is 0. The molecule has 1 fully saturated rings. The average molecular weight is 214 g/mol. The Labute approximate surface area is 92.0 Å². The molecule has 0 radical (unpaired) electrons. The maximum Gasteiger partial charge on any atom is 0.248 e. The number of amides is 1. The van der Waals surface area contributed by atoms with Crippen LogP contribution in [0.3, 0.4) is 0 Å². The van der Waals surface area contributed by atoms with E-state index in [4.69, 9.17) is 4.74 Å². The Kier molecular flexibility index (Phi) is 5.65. The minimum Gasteiger partial charge on any atom is -0.370 e.